The van der Waals surface area contributed by atoms with Crippen LogP contribution in [0.4, 0.5) is 8.78 Å². The highest BCUT2D eigenvalue weighted by Gasteiger charge is 2.12. The van der Waals surface area contributed by atoms with Crippen molar-refractivity contribution in [2.75, 3.05) is 0 Å². The summed E-state index contributed by atoms with van der Waals surface area (Å²) in [7, 11) is 0. The molecule has 0 saturated carbocycles. The highest BCUT2D eigenvalue weighted by Crippen LogP contribution is 2.21. The van der Waals surface area contributed by atoms with Crippen molar-refractivity contribution in [3.8, 4) is 5.75 Å². The van der Waals surface area contributed by atoms with E-state index < -0.39 is 23.2 Å². The lowest BCUT2D eigenvalue weighted by Gasteiger charge is -2.08. The fraction of sp³-hybridized carbons (Fsp3) is 0.0714. The number of hydrogen-bond donors (Lipinski definition) is 1. The fourth-order valence-corrected chi connectivity index (χ4v) is 1.77. The monoisotopic (exact) mass is 298 g/mol. The molecule has 0 amide bonds. The molecule has 0 fully saturated rings. The van der Waals surface area contributed by atoms with Crippen LogP contribution < -0.4 is 4.74 Å². The average Bonchev–Trinajstić information content (AvgIpc) is 2.40. The van der Waals surface area contributed by atoms with Gasteiger partial charge in [0.15, 0.2) is 0 Å². The van der Waals surface area contributed by atoms with Gasteiger partial charge < -0.3 is 9.84 Å². The summed E-state index contributed by atoms with van der Waals surface area (Å²) >= 11 is 5.62. The van der Waals surface area contributed by atoms with Crippen molar-refractivity contribution in [2.45, 2.75) is 6.61 Å². The van der Waals surface area contributed by atoms with Gasteiger partial charge in [0.25, 0.3) is 0 Å². The van der Waals surface area contributed by atoms with Gasteiger partial charge in [0.05, 0.1) is 10.6 Å². The van der Waals surface area contributed by atoms with Crippen molar-refractivity contribution in [1.29, 1.82) is 0 Å². The minimum Gasteiger partial charge on any atom is -0.489 e. The second-order valence-electron chi connectivity index (χ2n) is 3.95. The quantitative estimate of drug-likeness (QED) is 0.931. The number of ether oxygens (including phenoxy) is 1. The minimum atomic E-state index is -1.37. The Hall–Kier alpha value is -2.14. The molecular formula is C14H9ClF2O3. The molecule has 6 heteroatoms. The number of hydrogen-bond acceptors (Lipinski definition) is 2. The minimum absolute atomic E-state index is 0.0292. The number of carboxylic acids is 1. The molecule has 0 aliphatic rings. The maximum absolute atomic E-state index is 13.6. The van der Waals surface area contributed by atoms with Crippen LogP contribution >= 0.6 is 11.6 Å². The third-order valence-corrected chi connectivity index (χ3v) is 2.89. The molecular weight excluding hydrogens is 290 g/mol. The number of halogens is 3. The Morgan fingerprint density at radius 2 is 2.00 bits per heavy atom. The van der Waals surface area contributed by atoms with Gasteiger partial charge in [0, 0.05) is 11.6 Å². The smallest absolute Gasteiger partial charge is 0.338 e. The lowest BCUT2D eigenvalue weighted by atomic mass is 10.2. The Bertz CT molecular complexity index is 659. The van der Waals surface area contributed by atoms with E-state index in [0.717, 1.165) is 12.1 Å². The molecule has 2 rings (SSSR count). The highest BCUT2D eigenvalue weighted by molar-refractivity contribution is 6.30. The highest BCUT2D eigenvalue weighted by atomic mass is 35.5. The lowest BCUT2D eigenvalue weighted by Crippen LogP contribution is -2.02. The third-order valence-electron chi connectivity index (χ3n) is 2.60. The normalized spacial score (nSPS) is 10.3. The topological polar surface area (TPSA) is 46.5 Å². The first-order valence-corrected chi connectivity index (χ1v) is 5.95. The number of rotatable bonds is 4. The maximum Gasteiger partial charge on any atom is 0.338 e. The molecule has 0 aliphatic carbocycles. The van der Waals surface area contributed by atoms with Gasteiger partial charge >= 0.3 is 5.97 Å². The summed E-state index contributed by atoms with van der Waals surface area (Å²) in [5, 5.41) is 8.66. The standard InChI is InChI=1S/C14H9ClF2O3/c15-11-3-1-2-8(13(11)17)7-20-9-4-5-10(14(18)19)12(16)6-9/h1-6H,7H2,(H,18,19). The van der Waals surface area contributed by atoms with E-state index in [-0.39, 0.29) is 22.9 Å². The molecule has 1 N–H and O–H groups in total. The first kappa shape index (κ1) is 14.3. The van der Waals surface area contributed by atoms with Crippen LogP contribution in [0.5, 0.6) is 5.75 Å². The van der Waals surface area contributed by atoms with E-state index in [2.05, 4.69) is 0 Å². The van der Waals surface area contributed by atoms with E-state index in [0.29, 0.717) is 0 Å². The van der Waals surface area contributed by atoms with Gasteiger partial charge in [0.2, 0.25) is 0 Å². The molecule has 0 aliphatic heterocycles. The van der Waals surface area contributed by atoms with Crippen molar-refractivity contribution in [1.82, 2.24) is 0 Å². The van der Waals surface area contributed by atoms with E-state index in [4.69, 9.17) is 21.4 Å². The predicted molar refractivity (Wildman–Crippen MR) is 69.1 cm³/mol. The molecule has 0 heterocycles. The number of carbonyl (C=O) groups is 1. The van der Waals surface area contributed by atoms with Crippen LogP contribution in [-0.2, 0) is 6.61 Å². The Morgan fingerprint density at radius 1 is 1.25 bits per heavy atom. The summed E-state index contributed by atoms with van der Waals surface area (Å²) in [4.78, 5) is 10.6. The number of carboxylic acid groups (broad SMARTS) is 1. The molecule has 0 unspecified atom stereocenters. The van der Waals surface area contributed by atoms with E-state index in [1.165, 1.54) is 18.2 Å². The van der Waals surface area contributed by atoms with Crippen molar-refractivity contribution in [3.05, 3.63) is 64.2 Å². The van der Waals surface area contributed by atoms with Gasteiger partial charge in [-0.1, -0.05) is 23.7 Å². The van der Waals surface area contributed by atoms with Crippen LogP contribution in [0.3, 0.4) is 0 Å². The Morgan fingerprint density at radius 3 is 2.65 bits per heavy atom. The van der Waals surface area contributed by atoms with Crippen molar-refractivity contribution < 1.29 is 23.4 Å². The summed E-state index contributed by atoms with van der Waals surface area (Å²) in [6.07, 6.45) is 0. The zero-order valence-corrected chi connectivity index (χ0v) is 10.8. The average molecular weight is 299 g/mol. The summed E-state index contributed by atoms with van der Waals surface area (Å²) < 4.78 is 32.2. The Balaban J connectivity index is 2.13. The molecule has 0 aromatic heterocycles. The van der Waals surface area contributed by atoms with Crippen molar-refractivity contribution >= 4 is 17.6 Å². The van der Waals surface area contributed by atoms with E-state index >= 15 is 0 Å². The summed E-state index contributed by atoms with van der Waals surface area (Å²) in [5.74, 6) is -2.78. The van der Waals surface area contributed by atoms with Gasteiger partial charge in [-0.05, 0) is 18.2 Å². The molecule has 2 aromatic carbocycles. The van der Waals surface area contributed by atoms with Crippen LogP contribution in [0, 0.1) is 11.6 Å². The van der Waals surface area contributed by atoms with Crippen LogP contribution in [0.25, 0.3) is 0 Å². The molecule has 20 heavy (non-hydrogen) atoms. The second-order valence-corrected chi connectivity index (χ2v) is 4.36. The Labute approximate surface area is 118 Å². The first-order valence-electron chi connectivity index (χ1n) is 5.57. The van der Waals surface area contributed by atoms with Crippen LogP contribution in [0.1, 0.15) is 15.9 Å². The van der Waals surface area contributed by atoms with Gasteiger partial charge in [-0.15, -0.1) is 0 Å². The van der Waals surface area contributed by atoms with E-state index in [1.54, 1.807) is 6.07 Å². The first-order chi connectivity index (χ1) is 9.49. The second kappa shape index (κ2) is 5.88. The van der Waals surface area contributed by atoms with Gasteiger partial charge in [-0.3, -0.25) is 0 Å². The van der Waals surface area contributed by atoms with Crippen molar-refractivity contribution in [3.63, 3.8) is 0 Å². The molecule has 104 valence electrons. The van der Waals surface area contributed by atoms with Gasteiger partial charge in [-0.2, -0.15) is 0 Å². The van der Waals surface area contributed by atoms with Crippen LogP contribution in [-0.4, -0.2) is 11.1 Å². The van der Waals surface area contributed by atoms with Gasteiger partial charge in [0.1, 0.15) is 24.0 Å². The lowest BCUT2D eigenvalue weighted by molar-refractivity contribution is 0.0692. The number of aromatic carboxylic acids is 1. The molecule has 0 saturated heterocycles. The van der Waals surface area contributed by atoms with Crippen LogP contribution in [0.15, 0.2) is 36.4 Å². The Kier molecular flexibility index (Phi) is 4.20. The van der Waals surface area contributed by atoms with Crippen LogP contribution in [0.2, 0.25) is 5.02 Å². The zero-order valence-electron chi connectivity index (χ0n) is 10.1. The summed E-state index contributed by atoms with van der Waals surface area (Å²) in [6, 6.07) is 7.78. The predicted octanol–water partition coefficient (Wildman–Crippen LogP) is 3.90. The third kappa shape index (κ3) is 3.05. The molecule has 2 aromatic rings. The fourth-order valence-electron chi connectivity index (χ4n) is 1.58. The molecule has 0 atom stereocenters. The largest absolute Gasteiger partial charge is 0.489 e. The number of benzene rings is 2. The molecule has 3 nitrogen and oxygen atoms in total. The molecule has 0 spiro atoms. The summed E-state index contributed by atoms with van der Waals surface area (Å²) in [5.41, 5.74) is -0.230. The van der Waals surface area contributed by atoms with E-state index in [9.17, 15) is 13.6 Å². The maximum atomic E-state index is 13.6. The SMILES string of the molecule is O=C(O)c1ccc(OCc2cccc(Cl)c2F)cc1F. The van der Waals surface area contributed by atoms with Gasteiger partial charge in [-0.25, -0.2) is 13.6 Å². The molecule has 0 bridgehead atoms. The summed E-state index contributed by atoms with van der Waals surface area (Å²) in [6.45, 7) is -0.141. The van der Waals surface area contributed by atoms with E-state index in [1.807, 2.05) is 0 Å². The molecule has 0 radical (unpaired) electrons. The van der Waals surface area contributed by atoms with Crippen molar-refractivity contribution in [2.24, 2.45) is 0 Å². The zero-order chi connectivity index (χ0) is 14.7.